The van der Waals surface area contributed by atoms with Crippen molar-refractivity contribution in [2.45, 2.75) is 43.8 Å². The fraction of sp³-hybridized carbons (Fsp3) is 0.391. The molecule has 1 spiro atoms. The maximum Gasteiger partial charge on any atom is 0.261 e. The lowest BCUT2D eigenvalue weighted by atomic mass is 10.1. The summed E-state index contributed by atoms with van der Waals surface area (Å²) < 4.78 is 55.4. The number of nitrogens with one attached hydrogen (secondary N) is 1. The van der Waals surface area contributed by atoms with Crippen molar-refractivity contribution in [3.05, 3.63) is 54.1 Å². The van der Waals surface area contributed by atoms with Crippen LogP contribution in [0.1, 0.15) is 30.4 Å². The molecule has 33 heavy (non-hydrogen) atoms. The van der Waals surface area contributed by atoms with Crippen molar-refractivity contribution in [3.63, 3.8) is 0 Å². The third-order valence-electron chi connectivity index (χ3n) is 6.61. The van der Waals surface area contributed by atoms with Crippen LogP contribution in [-0.4, -0.2) is 45.8 Å². The van der Waals surface area contributed by atoms with Crippen LogP contribution in [0.5, 0.6) is 11.5 Å². The Labute approximate surface area is 187 Å². The van der Waals surface area contributed by atoms with Crippen molar-refractivity contribution in [3.8, 4) is 11.5 Å². The molecule has 1 aliphatic carbocycles. The van der Waals surface area contributed by atoms with Crippen LogP contribution in [0.3, 0.4) is 0 Å². The lowest BCUT2D eigenvalue weighted by Crippen LogP contribution is -2.47. The zero-order valence-corrected chi connectivity index (χ0v) is 17.7. The Bertz CT molecular complexity index is 1260. The average molecular weight is 457 g/mol. The topological polar surface area (TPSA) is 63.9 Å². The van der Waals surface area contributed by atoms with E-state index < -0.39 is 18.3 Å². The summed E-state index contributed by atoms with van der Waals surface area (Å²) in [4.78, 5) is 6.15. The third-order valence-corrected chi connectivity index (χ3v) is 6.61. The number of rotatable bonds is 1. The molecule has 2 aromatic heterocycles. The Morgan fingerprint density at radius 3 is 2.82 bits per heavy atom. The van der Waals surface area contributed by atoms with Gasteiger partial charge in [-0.2, -0.15) is 5.10 Å². The van der Waals surface area contributed by atoms with E-state index in [4.69, 9.17) is 9.47 Å². The number of nitrogens with zero attached hydrogens (tertiary/aromatic N) is 4. The van der Waals surface area contributed by atoms with E-state index in [0.29, 0.717) is 40.6 Å². The van der Waals surface area contributed by atoms with Crippen molar-refractivity contribution >= 4 is 17.2 Å². The molecule has 0 radical (unpaired) electrons. The molecule has 2 bridgehead atoms. The Kier molecular flexibility index (Phi) is 4.46. The van der Waals surface area contributed by atoms with Crippen LogP contribution < -0.4 is 19.7 Å². The molecule has 6 rings (SSSR count). The molecular weight excluding hydrogens is 435 g/mol. The highest BCUT2D eigenvalue weighted by Gasteiger charge is 2.43. The third kappa shape index (κ3) is 3.44. The first-order valence-electron chi connectivity index (χ1n) is 10.9. The van der Waals surface area contributed by atoms with Crippen LogP contribution in [0, 0.1) is 5.82 Å². The second-order valence-corrected chi connectivity index (χ2v) is 8.83. The van der Waals surface area contributed by atoms with Gasteiger partial charge in [-0.1, -0.05) is 6.58 Å². The van der Waals surface area contributed by atoms with Crippen LogP contribution in [0.2, 0.25) is 0 Å². The largest absolute Gasteiger partial charge is 0.493 e. The molecule has 2 aliphatic heterocycles. The van der Waals surface area contributed by atoms with Crippen LogP contribution in [0.25, 0.3) is 11.3 Å². The highest BCUT2D eigenvalue weighted by molar-refractivity contribution is 5.75. The van der Waals surface area contributed by atoms with Crippen LogP contribution in [0.15, 0.2) is 37.2 Å². The SMILES string of the molecule is C=C1NC2(CCOc3ccc(F)cc3CN3c4nc5c1cnn5cc4OC[C@H]3C(F)F)CC2. The Morgan fingerprint density at radius 1 is 1.18 bits per heavy atom. The van der Waals surface area contributed by atoms with E-state index in [-0.39, 0.29) is 24.5 Å². The van der Waals surface area contributed by atoms with Gasteiger partial charge >= 0.3 is 0 Å². The number of alkyl halides is 2. The lowest BCUT2D eigenvalue weighted by Gasteiger charge is -2.37. The molecule has 1 N–H and O–H groups in total. The number of benzene rings is 1. The maximum atomic E-state index is 14.2. The summed E-state index contributed by atoms with van der Waals surface area (Å²) in [6.45, 7) is 4.35. The van der Waals surface area contributed by atoms with E-state index in [1.807, 2.05) is 0 Å². The number of hydrogen-bond acceptors (Lipinski definition) is 6. The van der Waals surface area contributed by atoms with Crippen LogP contribution in [0.4, 0.5) is 19.0 Å². The highest BCUT2D eigenvalue weighted by Crippen LogP contribution is 2.42. The van der Waals surface area contributed by atoms with Crippen molar-refractivity contribution < 1.29 is 22.6 Å². The molecule has 1 aromatic carbocycles. The number of halogens is 3. The highest BCUT2D eigenvalue weighted by atomic mass is 19.3. The van der Waals surface area contributed by atoms with E-state index in [9.17, 15) is 13.2 Å². The molecule has 0 unspecified atom stereocenters. The fourth-order valence-corrected chi connectivity index (χ4v) is 4.56. The Balaban J connectivity index is 1.53. The minimum atomic E-state index is -2.69. The number of hydrogen-bond donors (Lipinski definition) is 1. The smallest absolute Gasteiger partial charge is 0.261 e. The van der Waals surface area contributed by atoms with E-state index in [1.54, 1.807) is 23.0 Å². The first-order valence-corrected chi connectivity index (χ1v) is 10.9. The van der Waals surface area contributed by atoms with Gasteiger partial charge in [-0.05, 0) is 31.0 Å². The van der Waals surface area contributed by atoms with Gasteiger partial charge in [-0.15, -0.1) is 0 Å². The lowest BCUT2D eigenvalue weighted by molar-refractivity contribution is 0.0766. The second-order valence-electron chi connectivity index (χ2n) is 8.83. The number of fused-ring (bicyclic) bond motifs is 1. The summed E-state index contributed by atoms with van der Waals surface area (Å²) >= 11 is 0. The fourth-order valence-electron chi connectivity index (χ4n) is 4.56. The standard InChI is InChI=1S/C23H22F3N5O2/c1-13-16-9-27-31-11-19-22(28-21(16)31)30(17(12-33-19)20(25)26)10-14-8-15(24)2-3-18(14)32-7-6-23(29-13)4-5-23/h2-3,8-9,11,17,20,29H,1,4-7,10,12H2/t17-/m0/s1. The molecule has 10 heteroatoms. The van der Waals surface area contributed by atoms with Crippen molar-refractivity contribution in [2.24, 2.45) is 0 Å². The first kappa shape index (κ1) is 20.2. The average Bonchev–Trinajstić information content (AvgIpc) is 3.40. The molecule has 7 nitrogen and oxygen atoms in total. The Hall–Kier alpha value is -3.43. The summed E-state index contributed by atoms with van der Waals surface area (Å²) in [5, 5.41) is 7.86. The van der Waals surface area contributed by atoms with Crippen LogP contribution >= 0.6 is 0 Å². The van der Waals surface area contributed by atoms with Gasteiger partial charge < -0.3 is 19.7 Å². The zero-order chi connectivity index (χ0) is 22.7. The molecule has 1 fully saturated rings. The molecule has 172 valence electrons. The number of aromatic nitrogens is 3. The van der Waals surface area contributed by atoms with Gasteiger partial charge in [0.2, 0.25) is 0 Å². The molecule has 1 saturated carbocycles. The predicted molar refractivity (Wildman–Crippen MR) is 115 cm³/mol. The van der Waals surface area contributed by atoms with Crippen LogP contribution in [-0.2, 0) is 6.54 Å². The van der Waals surface area contributed by atoms with E-state index in [0.717, 1.165) is 19.3 Å². The summed E-state index contributed by atoms with van der Waals surface area (Å²) in [5.74, 6) is 0.591. The normalized spacial score (nSPS) is 21.4. The monoisotopic (exact) mass is 457 g/mol. The minimum absolute atomic E-state index is 0.00452. The van der Waals surface area contributed by atoms with Gasteiger partial charge in [-0.25, -0.2) is 22.7 Å². The van der Waals surface area contributed by atoms with Gasteiger partial charge in [-0.3, -0.25) is 0 Å². The summed E-state index contributed by atoms with van der Waals surface area (Å²) in [7, 11) is 0. The second kappa shape index (κ2) is 7.29. The van der Waals surface area contributed by atoms with Crippen molar-refractivity contribution in [1.82, 2.24) is 19.9 Å². The molecule has 3 aromatic rings. The summed E-state index contributed by atoms with van der Waals surface area (Å²) in [6, 6.07) is 2.94. The quantitative estimate of drug-likeness (QED) is 0.600. The van der Waals surface area contributed by atoms with Crippen molar-refractivity contribution in [2.75, 3.05) is 18.1 Å². The van der Waals surface area contributed by atoms with Gasteiger partial charge in [0.05, 0.1) is 24.6 Å². The summed E-state index contributed by atoms with van der Waals surface area (Å²) in [6.07, 6.45) is 3.27. The van der Waals surface area contributed by atoms with E-state index in [2.05, 4.69) is 22.0 Å². The minimum Gasteiger partial charge on any atom is -0.493 e. The molecule has 0 saturated heterocycles. The predicted octanol–water partition coefficient (Wildman–Crippen LogP) is 3.78. The van der Waals surface area contributed by atoms with E-state index >= 15 is 0 Å². The molecule has 0 amide bonds. The van der Waals surface area contributed by atoms with Gasteiger partial charge in [0.1, 0.15) is 24.2 Å². The molecule has 1 atom stereocenters. The van der Waals surface area contributed by atoms with Gasteiger partial charge in [0.15, 0.2) is 17.2 Å². The molecule has 3 aliphatic rings. The molecule has 4 heterocycles. The first-order chi connectivity index (χ1) is 15.9. The summed E-state index contributed by atoms with van der Waals surface area (Å²) in [5.41, 5.74) is 2.19. The Morgan fingerprint density at radius 2 is 2.03 bits per heavy atom. The number of ether oxygens (including phenoxy) is 2. The van der Waals surface area contributed by atoms with Gasteiger partial charge in [0, 0.05) is 29.8 Å². The van der Waals surface area contributed by atoms with Crippen molar-refractivity contribution in [1.29, 1.82) is 0 Å². The molecular formula is C23H22F3N5O2. The number of anilines is 1. The van der Waals surface area contributed by atoms with Gasteiger partial charge in [0.25, 0.3) is 6.43 Å². The van der Waals surface area contributed by atoms with E-state index in [1.165, 1.54) is 17.0 Å². The maximum absolute atomic E-state index is 14.2. The zero-order valence-electron chi connectivity index (χ0n) is 17.7.